The third-order valence-electron chi connectivity index (χ3n) is 14.1. The molecule has 3 aliphatic rings. The first-order chi connectivity index (χ1) is 32.2. The van der Waals surface area contributed by atoms with Crippen LogP contribution in [0.25, 0.3) is 66.6 Å². The molecule has 13 rings (SSSR count). The average molecular weight is 830 g/mol. The molecule has 306 valence electrons. The van der Waals surface area contributed by atoms with E-state index in [4.69, 9.17) is 9.98 Å². The molecule has 0 amide bonds. The van der Waals surface area contributed by atoms with Crippen LogP contribution in [-0.2, 0) is 5.41 Å². The van der Waals surface area contributed by atoms with E-state index in [9.17, 15) is 0 Å². The van der Waals surface area contributed by atoms with Crippen molar-refractivity contribution in [2.24, 2.45) is 9.98 Å². The van der Waals surface area contributed by atoms with Gasteiger partial charge in [0.2, 0.25) is 0 Å². The Bertz CT molecular complexity index is 3600. The van der Waals surface area contributed by atoms with Crippen molar-refractivity contribution in [3.05, 3.63) is 263 Å². The fraction of sp³-hybridized carbons (Fsp3) is 0.0645. The second-order valence-corrected chi connectivity index (χ2v) is 17.5. The Hall–Kier alpha value is -8.14. The van der Waals surface area contributed by atoms with Gasteiger partial charge in [0.1, 0.15) is 0 Å². The van der Waals surface area contributed by atoms with Crippen molar-refractivity contribution < 1.29 is 0 Å². The van der Waals surface area contributed by atoms with Crippen LogP contribution in [0.1, 0.15) is 58.7 Å². The summed E-state index contributed by atoms with van der Waals surface area (Å²) < 4.78 is 2.47. The van der Waals surface area contributed by atoms with Crippen LogP contribution in [0.2, 0.25) is 0 Å². The molecule has 1 aromatic heterocycles. The fourth-order valence-electron chi connectivity index (χ4n) is 11.2. The number of aromatic nitrogens is 1. The highest BCUT2D eigenvalue weighted by Gasteiger charge is 2.51. The highest BCUT2D eigenvalue weighted by atomic mass is 15.0. The van der Waals surface area contributed by atoms with Crippen LogP contribution < -0.4 is 0 Å². The third kappa shape index (κ3) is 5.62. The van der Waals surface area contributed by atoms with Gasteiger partial charge in [-0.1, -0.05) is 195 Å². The van der Waals surface area contributed by atoms with Gasteiger partial charge in [0.25, 0.3) is 0 Å². The van der Waals surface area contributed by atoms with Crippen LogP contribution in [0.3, 0.4) is 0 Å². The average Bonchev–Trinajstić information content (AvgIpc) is 3.91. The lowest BCUT2D eigenvalue weighted by atomic mass is 9.70. The zero-order valence-electron chi connectivity index (χ0n) is 36.0. The first-order valence-corrected chi connectivity index (χ1v) is 22.8. The Balaban J connectivity index is 1.00. The van der Waals surface area contributed by atoms with Crippen molar-refractivity contribution in [1.82, 2.24) is 4.57 Å². The van der Waals surface area contributed by atoms with Gasteiger partial charge < -0.3 is 4.57 Å². The van der Waals surface area contributed by atoms with E-state index < -0.39 is 5.41 Å². The molecule has 65 heavy (non-hydrogen) atoms. The van der Waals surface area contributed by atoms with Crippen molar-refractivity contribution in [3.63, 3.8) is 0 Å². The van der Waals surface area contributed by atoms with Gasteiger partial charge in [0, 0.05) is 34.0 Å². The van der Waals surface area contributed by atoms with Crippen LogP contribution in [0, 0.1) is 0 Å². The largest absolute Gasteiger partial charge is 0.309 e. The number of nitrogens with zero attached hydrogens (tertiary/aromatic N) is 3. The van der Waals surface area contributed by atoms with Crippen LogP contribution >= 0.6 is 0 Å². The maximum Gasteiger partial charge on any atom is 0.160 e. The highest BCUT2D eigenvalue weighted by Crippen LogP contribution is 2.63. The van der Waals surface area contributed by atoms with E-state index in [-0.39, 0.29) is 0 Å². The topological polar surface area (TPSA) is 29.6 Å². The molecular formula is C62H43N3. The monoisotopic (exact) mass is 829 g/mol. The van der Waals surface area contributed by atoms with Crippen LogP contribution in [0.5, 0.6) is 0 Å². The van der Waals surface area contributed by atoms with E-state index in [1.807, 2.05) is 0 Å². The van der Waals surface area contributed by atoms with E-state index in [1.54, 1.807) is 0 Å². The summed E-state index contributed by atoms with van der Waals surface area (Å²) in [7, 11) is 0. The molecule has 0 fully saturated rings. The quantitative estimate of drug-likeness (QED) is 0.160. The summed E-state index contributed by atoms with van der Waals surface area (Å²) in [6.45, 7) is 2.25. The number of para-hydroxylation sites is 1. The Kier molecular flexibility index (Phi) is 8.48. The lowest BCUT2D eigenvalue weighted by Crippen LogP contribution is -2.25. The first-order valence-electron chi connectivity index (χ1n) is 22.8. The molecule has 1 spiro atoms. The normalized spacial score (nSPS) is 14.5. The molecule has 0 unspecified atom stereocenters. The van der Waals surface area contributed by atoms with Gasteiger partial charge in [-0.15, -0.1) is 0 Å². The van der Waals surface area contributed by atoms with Gasteiger partial charge >= 0.3 is 0 Å². The molecule has 3 nitrogen and oxygen atoms in total. The molecule has 2 heterocycles. The van der Waals surface area contributed by atoms with Crippen molar-refractivity contribution in [1.29, 1.82) is 0 Å². The van der Waals surface area contributed by atoms with Crippen molar-refractivity contribution in [2.45, 2.75) is 25.2 Å². The molecule has 9 aromatic carbocycles. The number of benzene rings is 9. The predicted molar refractivity (Wildman–Crippen MR) is 270 cm³/mol. The van der Waals surface area contributed by atoms with Gasteiger partial charge in [-0.2, -0.15) is 0 Å². The van der Waals surface area contributed by atoms with E-state index >= 15 is 0 Å². The third-order valence-corrected chi connectivity index (χ3v) is 14.1. The summed E-state index contributed by atoms with van der Waals surface area (Å²) >= 11 is 0. The maximum absolute atomic E-state index is 5.54. The Morgan fingerprint density at radius 3 is 1.65 bits per heavy atom. The molecule has 0 atom stereocenters. The highest BCUT2D eigenvalue weighted by molar-refractivity contribution is 6.16. The number of allylic oxidation sites excluding steroid dienone is 1. The molecule has 3 heteroatoms. The number of hydrogen-bond donors (Lipinski definition) is 0. The van der Waals surface area contributed by atoms with Crippen molar-refractivity contribution in [3.8, 4) is 39.1 Å². The molecule has 0 N–H and O–H groups in total. The van der Waals surface area contributed by atoms with Crippen molar-refractivity contribution >= 4 is 39.1 Å². The van der Waals surface area contributed by atoms with Gasteiger partial charge in [0.15, 0.2) is 5.84 Å². The van der Waals surface area contributed by atoms with Crippen LogP contribution in [-0.4, -0.2) is 16.1 Å². The Morgan fingerprint density at radius 1 is 0.415 bits per heavy atom. The lowest BCUT2D eigenvalue weighted by Gasteiger charge is -2.30. The minimum atomic E-state index is -0.406. The van der Waals surface area contributed by atoms with Gasteiger partial charge in [0.05, 0.1) is 27.9 Å². The van der Waals surface area contributed by atoms with E-state index in [0.717, 1.165) is 46.0 Å². The lowest BCUT2D eigenvalue weighted by molar-refractivity contribution is 0.795. The number of fused-ring (bicyclic) bond motifs is 13. The molecule has 0 radical (unpaired) electrons. The molecular weight excluding hydrogens is 787 g/mol. The SMILES string of the molecule is CCC1=C(c2cccc(-n3c4ccccc4c4cc5c(cc43)-c3ccccc3C53c4ccccc4-c4ccccc43)c2)N=C(c2ccc(-c3ccccc3)cc2)N=C(c2ccccc2)C1. The molecule has 0 bridgehead atoms. The Morgan fingerprint density at radius 2 is 0.969 bits per heavy atom. The van der Waals surface area contributed by atoms with Gasteiger partial charge in [-0.3, -0.25) is 0 Å². The standard InChI is InChI=1S/C62H43N3/c1-2-40-37-57(43-20-7-4-8-21-43)63-61(44-34-32-42(33-35-44)41-18-5-3-6-19-41)64-60(40)45-22-17-23-46(36-45)65-58-31-16-12-27-50(58)52-38-56-51(39-59(52)65)49-26-11-15-30-55(49)62(56)53-28-13-9-24-47(53)48-25-10-14-29-54(48)62/h3-36,38-39H,2,37H2,1H3. The number of aliphatic imine (C=N–C) groups is 2. The molecule has 1 aliphatic heterocycles. The Labute approximate surface area is 379 Å². The zero-order valence-corrected chi connectivity index (χ0v) is 36.0. The van der Waals surface area contributed by atoms with Crippen molar-refractivity contribution in [2.75, 3.05) is 0 Å². The van der Waals surface area contributed by atoms with E-state index in [2.05, 4.69) is 230 Å². The number of rotatable bonds is 6. The van der Waals surface area contributed by atoms with Gasteiger partial charge in [-0.05, 0) is 104 Å². The summed E-state index contributed by atoms with van der Waals surface area (Å²) in [5.74, 6) is 0.724. The molecule has 0 saturated carbocycles. The predicted octanol–water partition coefficient (Wildman–Crippen LogP) is 15.3. The van der Waals surface area contributed by atoms with Crippen LogP contribution in [0.4, 0.5) is 0 Å². The number of amidine groups is 1. The molecule has 10 aromatic rings. The number of hydrogen-bond acceptors (Lipinski definition) is 2. The fourth-order valence-corrected chi connectivity index (χ4v) is 11.2. The second kappa shape index (κ2) is 14.7. The van der Waals surface area contributed by atoms with Gasteiger partial charge in [-0.25, -0.2) is 9.98 Å². The summed E-state index contributed by atoms with van der Waals surface area (Å²) in [6.07, 6.45) is 1.56. The summed E-state index contributed by atoms with van der Waals surface area (Å²) in [6, 6.07) is 80.0. The summed E-state index contributed by atoms with van der Waals surface area (Å²) in [4.78, 5) is 10.9. The first kappa shape index (κ1) is 37.4. The second-order valence-electron chi connectivity index (χ2n) is 17.5. The molecule has 0 saturated heterocycles. The summed E-state index contributed by atoms with van der Waals surface area (Å²) in [5.41, 5.74) is 22.5. The summed E-state index contributed by atoms with van der Waals surface area (Å²) in [5, 5.41) is 2.49. The van der Waals surface area contributed by atoms with E-state index in [0.29, 0.717) is 6.42 Å². The van der Waals surface area contributed by atoms with Crippen LogP contribution in [0.15, 0.2) is 234 Å². The molecule has 2 aliphatic carbocycles. The van der Waals surface area contributed by atoms with E-state index in [1.165, 1.54) is 83.0 Å². The minimum absolute atomic E-state index is 0.406. The minimum Gasteiger partial charge on any atom is -0.309 e. The zero-order chi connectivity index (χ0) is 43.1. The smallest absolute Gasteiger partial charge is 0.160 e. The maximum atomic E-state index is 5.54.